The summed E-state index contributed by atoms with van der Waals surface area (Å²) in [4.78, 5) is 4.44. The van der Waals surface area contributed by atoms with E-state index in [2.05, 4.69) is 20.5 Å². The molecule has 2 heterocycles. The van der Waals surface area contributed by atoms with Gasteiger partial charge in [-0.2, -0.15) is 4.98 Å². The molecule has 6 heteroatoms. The highest BCUT2D eigenvalue weighted by Crippen LogP contribution is 2.24. The van der Waals surface area contributed by atoms with Gasteiger partial charge in [-0.15, -0.1) is 5.10 Å². The Morgan fingerprint density at radius 2 is 1.67 bits per heavy atom. The Balaban J connectivity index is 1.71. The predicted octanol–water partition coefficient (Wildman–Crippen LogP) is 3.60. The molecule has 0 amide bonds. The van der Waals surface area contributed by atoms with Crippen LogP contribution in [-0.4, -0.2) is 25.1 Å². The minimum absolute atomic E-state index is 0.365. The van der Waals surface area contributed by atoms with Crippen molar-refractivity contribution < 1.29 is 4.52 Å². The lowest BCUT2D eigenvalue weighted by Crippen LogP contribution is -1.98. The molecule has 0 fully saturated rings. The van der Waals surface area contributed by atoms with E-state index in [4.69, 9.17) is 4.52 Å². The quantitative estimate of drug-likeness (QED) is 0.577. The molecule has 2 aromatic carbocycles. The van der Waals surface area contributed by atoms with E-state index in [0.717, 1.165) is 16.9 Å². The smallest absolute Gasteiger partial charge is 0.280 e. The van der Waals surface area contributed by atoms with Gasteiger partial charge in [-0.05, 0) is 26.0 Å². The van der Waals surface area contributed by atoms with Crippen LogP contribution in [0.4, 0.5) is 0 Å². The van der Waals surface area contributed by atoms with E-state index in [1.165, 1.54) is 5.56 Å². The maximum Gasteiger partial charge on any atom is 0.280 e. The molecule has 118 valence electrons. The second-order valence-corrected chi connectivity index (χ2v) is 5.56. The molecule has 0 atom stereocenters. The monoisotopic (exact) mass is 317 g/mol. The lowest BCUT2D eigenvalue weighted by Gasteiger charge is -2.03. The molecule has 0 aliphatic heterocycles. The average molecular weight is 317 g/mol. The number of nitrogens with zero attached hydrogens (tertiary/aromatic N) is 5. The van der Waals surface area contributed by atoms with E-state index >= 15 is 0 Å². The summed E-state index contributed by atoms with van der Waals surface area (Å²) in [5, 5.41) is 12.5. The van der Waals surface area contributed by atoms with Crippen molar-refractivity contribution in [1.82, 2.24) is 25.1 Å². The van der Waals surface area contributed by atoms with Gasteiger partial charge in [0.2, 0.25) is 5.82 Å². The van der Waals surface area contributed by atoms with Crippen molar-refractivity contribution >= 4 is 0 Å². The zero-order chi connectivity index (χ0) is 16.5. The topological polar surface area (TPSA) is 69.6 Å². The first kappa shape index (κ1) is 14.3. The van der Waals surface area contributed by atoms with E-state index in [9.17, 15) is 0 Å². The third-order valence-corrected chi connectivity index (χ3v) is 3.83. The molecule has 6 nitrogen and oxygen atoms in total. The van der Waals surface area contributed by atoms with Crippen LogP contribution in [0.1, 0.15) is 11.3 Å². The van der Waals surface area contributed by atoms with Crippen LogP contribution in [0.2, 0.25) is 0 Å². The fourth-order valence-electron chi connectivity index (χ4n) is 2.48. The molecule has 0 saturated heterocycles. The minimum Gasteiger partial charge on any atom is -0.332 e. The molecule has 4 rings (SSSR count). The van der Waals surface area contributed by atoms with Gasteiger partial charge in [-0.1, -0.05) is 58.4 Å². The summed E-state index contributed by atoms with van der Waals surface area (Å²) in [6.45, 7) is 3.98. The third-order valence-electron chi connectivity index (χ3n) is 3.83. The summed E-state index contributed by atoms with van der Waals surface area (Å²) < 4.78 is 7.14. The molecule has 0 radical (unpaired) electrons. The van der Waals surface area contributed by atoms with Gasteiger partial charge in [-0.3, -0.25) is 0 Å². The van der Waals surface area contributed by atoms with Crippen LogP contribution in [-0.2, 0) is 0 Å². The van der Waals surface area contributed by atoms with Crippen LogP contribution in [0.25, 0.3) is 28.7 Å². The van der Waals surface area contributed by atoms with Gasteiger partial charge in [-0.25, -0.2) is 4.68 Å². The van der Waals surface area contributed by atoms with Gasteiger partial charge < -0.3 is 4.52 Å². The standard InChI is InChI=1S/C18H15N5O/c1-12-8-10-15(11-9-12)23-13(2)16(20-22-23)18-19-17(21-24-18)14-6-4-3-5-7-14/h3-11H,1-2H3. The Hall–Kier alpha value is -3.28. The van der Waals surface area contributed by atoms with Gasteiger partial charge in [0.25, 0.3) is 5.89 Å². The van der Waals surface area contributed by atoms with Crippen LogP contribution < -0.4 is 0 Å². The summed E-state index contributed by atoms with van der Waals surface area (Å²) in [7, 11) is 0. The normalized spacial score (nSPS) is 10.9. The maximum absolute atomic E-state index is 5.38. The van der Waals surface area contributed by atoms with Crippen LogP contribution in [0.5, 0.6) is 0 Å². The molecular formula is C18H15N5O. The number of benzene rings is 2. The van der Waals surface area contributed by atoms with Gasteiger partial charge in [0.15, 0.2) is 5.69 Å². The summed E-state index contributed by atoms with van der Waals surface area (Å²) in [5.41, 5.74) is 4.48. The van der Waals surface area contributed by atoms with Crippen LogP contribution in [0, 0.1) is 13.8 Å². The molecule has 0 N–H and O–H groups in total. The summed E-state index contributed by atoms with van der Waals surface area (Å²) >= 11 is 0. The second-order valence-electron chi connectivity index (χ2n) is 5.56. The summed E-state index contributed by atoms with van der Waals surface area (Å²) in [6, 6.07) is 17.8. The van der Waals surface area contributed by atoms with Crippen LogP contribution in [0.15, 0.2) is 59.1 Å². The molecule has 0 saturated carbocycles. The number of aromatic nitrogens is 5. The fraction of sp³-hybridized carbons (Fsp3) is 0.111. The molecule has 0 bridgehead atoms. The lowest BCUT2D eigenvalue weighted by atomic mass is 10.2. The van der Waals surface area contributed by atoms with Crippen molar-refractivity contribution in [2.24, 2.45) is 0 Å². The van der Waals surface area contributed by atoms with Crippen molar-refractivity contribution in [1.29, 1.82) is 0 Å². The Morgan fingerprint density at radius 1 is 0.917 bits per heavy atom. The molecule has 4 aromatic rings. The third kappa shape index (κ3) is 2.48. The van der Waals surface area contributed by atoms with Crippen molar-refractivity contribution in [3.05, 3.63) is 65.9 Å². The van der Waals surface area contributed by atoms with Crippen molar-refractivity contribution in [2.45, 2.75) is 13.8 Å². The highest BCUT2D eigenvalue weighted by Gasteiger charge is 2.18. The largest absolute Gasteiger partial charge is 0.332 e. The SMILES string of the molecule is Cc1ccc(-n2nnc(-c3nc(-c4ccccc4)no3)c2C)cc1. The van der Waals surface area contributed by atoms with Crippen molar-refractivity contribution in [3.8, 4) is 28.7 Å². The Morgan fingerprint density at radius 3 is 2.42 bits per heavy atom. The summed E-state index contributed by atoms with van der Waals surface area (Å²) in [5.74, 6) is 0.902. The Kier molecular flexibility index (Phi) is 3.42. The maximum atomic E-state index is 5.38. The van der Waals surface area contributed by atoms with E-state index in [0.29, 0.717) is 17.4 Å². The molecule has 2 aromatic heterocycles. The average Bonchev–Trinajstić information content (AvgIpc) is 3.23. The van der Waals surface area contributed by atoms with Gasteiger partial charge >= 0.3 is 0 Å². The van der Waals surface area contributed by atoms with Crippen LogP contribution in [0.3, 0.4) is 0 Å². The minimum atomic E-state index is 0.365. The lowest BCUT2D eigenvalue weighted by molar-refractivity contribution is 0.430. The number of hydrogen-bond acceptors (Lipinski definition) is 5. The first-order valence-electron chi connectivity index (χ1n) is 7.61. The van der Waals surface area contributed by atoms with Crippen molar-refractivity contribution in [2.75, 3.05) is 0 Å². The Bertz CT molecular complexity index is 970. The molecule has 0 aliphatic carbocycles. The summed E-state index contributed by atoms with van der Waals surface area (Å²) in [6.07, 6.45) is 0. The van der Waals surface area contributed by atoms with Crippen LogP contribution >= 0.6 is 0 Å². The van der Waals surface area contributed by atoms with E-state index in [-0.39, 0.29) is 0 Å². The molecule has 0 unspecified atom stereocenters. The fourth-order valence-corrected chi connectivity index (χ4v) is 2.48. The zero-order valence-corrected chi connectivity index (χ0v) is 13.3. The second kappa shape index (κ2) is 5.73. The molecule has 0 aliphatic rings. The highest BCUT2D eigenvalue weighted by molar-refractivity contribution is 5.58. The van der Waals surface area contributed by atoms with Crippen molar-refractivity contribution in [3.63, 3.8) is 0 Å². The number of hydrogen-bond donors (Lipinski definition) is 0. The van der Waals surface area contributed by atoms with Gasteiger partial charge in [0.05, 0.1) is 11.4 Å². The van der Waals surface area contributed by atoms with E-state index in [1.54, 1.807) is 4.68 Å². The number of rotatable bonds is 3. The van der Waals surface area contributed by atoms with Gasteiger partial charge in [0, 0.05) is 5.56 Å². The van der Waals surface area contributed by atoms with E-state index in [1.807, 2.05) is 68.4 Å². The van der Waals surface area contributed by atoms with Gasteiger partial charge in [0.1, 0.15) is 0 Å². The molecule has 0 spiro atoms. The zero-order valence-electron chi connectivity index (χ0n) is 13.3. The number of aryl methyl sites for hydroxylation is 1. The first-order valence-corrected chi connectivity index (χ1v) is 7.61. The Labute approximate surface area is 138 Å². The molecular weight excluding hydrogens is 302 g/mol. The highest BCUT2D eigenvalue weighted by atomic mass is 16.5. The first-order chi connectivity index (χ1) is 11.7. The van der Waals surface area contributed by atoms with E-state index < -0.39 is 0 Å². The predicted molar refractivity (Wildman–Crippen MR) is 89.6 cm³/mol. The molecule has 24 heavy (non-hydrogen) atoms.